The van der Waals surface area contributed by atoms with Crippen molar-refractivity contribution in [1.29, 1.82) is 0 Å². The van der Waals surface area contributed by atoms with Crippen molar-refractivity contribution in [3.05, 3.63) is 30.2 Å². The van der Waals surface area contributed by atoms with Gasteiger partial charge in [0.25, 0.3) is 5.91 Å². The normalized spacial score (nSPS) is 19.6. The summed E-state index contributed by atoms with van der Waals surface area (Å²) in [6.45, 7) is 5.30. The number of nitrogens with zero attached hydrogens (tertiary/aromatic N) is 4. The zero-order valence-electron chi connectivity index (χ0n) is 13.4. The molecule has 2 aromatic rings. The Kier molecular flexibility index (Phi) is 4.41. The van der Waals surface area contributed by atoms with Gasteiger partial charge in [0.05, 0.1) is 6.20 Å². The van der Waals surface area contributed by atoms with Crippen molar-refractivity contribution in [3.8, 4) is 0 Å². The third kappa shape index (κ3) is 2.98. The van der Waals surface area contributed by atoms with Crippen LogP contribution in [0.2, 0.25) is 0 Å². The SMILES string of the molecule is CC(C)CC1CCCCCN1C(=O)c1cnn2cccnc12. The van der Waals surface area contributed by atoms with Crippen LogP contribution in [0.5, 0.6) is 0 Å². The van der Waals surface area contributed by atoms with Gasteiger partial charge in [0.15, 0.2) is 5.65 Å². The number of aromatic nitrogens is 3. The van der Waals surface area contributed by atoms with Gasteiger partial charge in [-0.1, -0.05) is 26.7 Å². The average Bonchev–Trinajstić information content (AvgIpc) is 2.80. The smallest absolute Gasteiger partial charge is 0.259 e. The standard InChI is InChI=1S/C17H24N4O/c1-13(2)11-14-7-4-3-5-9-20(14)17(22)15-12-19-21-10-6-8-18-16(15)21/h6,8,10,12-14H,3-5,7,9,11H2,1-2H3. The summed E-state index contributed by atoms with van der Waals surface area (Å²) in [5, 5.41) is 4.25. The Labute approximate surface area is 131 Å². The zero-order valence-corrected chi connectivity index (χ0v) is 13.4. The van der Waals surface area contributed by atoms with Gasteiger partial charge in [-0.3, -0.25) is 4.79 Å². The van der Waals surface area contributed by atoms with Gasteiger partial charge in [-0.15, -0.1) is 0 Å². The first-order valence-electron chi connectivity index (χ1n) is 8.26. The van der Waals surface area contributed by atoms with E-state index in [9.17, 15) is 4.79 Å². The highest BCUT2D eigenvalue weighted by Crippen LogP contribution is 2.24. The van der Waals surface area contributed by atoms with E-state index >= 15 is 0 Å². The van der Waals surface area contributed by atoms with Gasteiger partial charge in [0.2, 0.25) is 0 Å². The van der Waals surface area contributed by atoms with E-state index in [4.69, 9.17) is 0 Å². The molecule has 0 bridgehead atoms. The highest BCUT2D eigenvalue weighted by Gasteiger charge is 2.28. The van der Waals surface area contributed by atoms with E-state index in [1.54, 1.807) is 16.9 Å². The number of hydrogen-bond donors (Lipinski definition) is 0. The van der Waals surface area contributed by atoms with Gasteiger partial charge in [-0.05, 0) is 31.2 Å². The van der Waals surface area contributed by atoms with Crippen molar-refractivity contribution >= 4 is 11.6 Å². The Hall–Kier alpha value is -1.91. The molecule has 1 saturated heterocycles. The number of carbonyl (C=O) groups excluding carboxylic acids is 1. The van der Waals surface area contributed by atoms with Crippen LogP contribution in [-0.4, -0.2) is 38.0 Å². The fraction of sp³-hybridized carbons (Fsp3) is 0.588. The summed E-state index contributed by atoms with van der Waals surface area (Å²) < 4.78 is 1.67. The monoisotopic (exact) mass is 300 g/mol. The Morgan fingerprint density at radius 1 is 1.36 bits per heavy atom. The Balaban J connectivity index is 1.90. The van der Waals surface area contributed by atoms with E-state index in [1.165, 1.54) is 12.8 Å². The van der Waals surface area contributed by atoms with Crippen molar-refractivity contribution in [2.45, 2.75) is 52.0 Å². The van der Waals surface area contributed by atoms with Crippen molar-refractivity contribution < 1.29 is 4.79 Å². The first-order valence-corrected chi connectivity index (χ1v) is 8.26. The largest absolute Gasteiger partial charge is 0.335 e. The zero-order chi connectivity index (χ0) is 15.5. The molecule has 2 aromatic heterocycles. The molecule has 1 amide bonds. The summed E-state index contributed by atoms with van der Waals surface area (Å²) in [5.41, 5.74) is 1.27. The first kappa shape index (κ1) is 15.0. The summed E-state index contributed by atoms with van der Waals surface area (Å²) in [4.78, 5) is 19.4. The summed E-state index contributed by atoms with van der Waals surface area (Å²) in [6.07, 6.45) is 10.9. The second kappa shape index (κ2) is 6.46. The van der Waals surface area contributed by atoms with E-state index in [-0.39, 0.29) is 5.91 Å². The molecule has 5 nitrogen and oxygen atoms in total. The fourth-order valence-electron chi connectivity index (χ4n) is 3.37. The molecule has 118 valence electrons. The molecule has 1 aliphatic rings. The maximum absolute atomic E-state index is 13.1. The van der Waals surface area contributed by atoms with Crippen LogP contribution in [0.15, 0.2) is 24.7 Å². The summed E-state index contributed by atoms with van der Waals surface area (Å²) >= 11 is 0. The van der Waals surface area contributed by atoms with Gasteiger partial charge in [0.1, 0.15) is 5.56 Å². The van der Waals surface area contributed by atoms with E-state index in [2.05, 4.69) is 28.8 Å². The molecule has 0 aromatic carbocycles. The quantitative estimate of drug-likeness (QED) is 0.875. The lowest BCUT2D eigenvalue weighted by Crippen LogP contribution is -2.40. The van der Waals surface area contributed by atoms with Crippen LogP contribution in [0.4, 0.5) is 0 Å². The molecule has 3 rings (SSSR count). The molecular weight excluding hydrogens is 276 g/mol. The van der Waals surface area contributed by atoms with Crippen molar-refractivity contribution in [2.75, 3.05) is 6.54 Å². The number of fused-ring (bicyclic) bond motifs is 1. The summed E-state index contributed by atoms with van der Waals surface area (Å²) in [5.74, 6) is 0.682. The van der Waals surface area contributed by atoms with E-state index in [1.807, 2.05) is 12.3 Å². The lowest BCUT2D eigenvalue weighted by Gasteiger charge is -2.31. The molecule has 0 radical (unpaired) electrons. The molecule has 0 spiro atoms. The molecule has 5 heteroatoms. The van der Waals surface area contributed by atoms with Crippen LogP contribution in [0.1, 0.15) is 56.3 Å². The number of carbonyl (C=O) groups is 1. The van der Waals surface area contributed by atoms with Gasteiger partial charge in [0, 0.05) is 25.0 Å². The topological polar surface area (TPSA) is 50.5 Å². The lowest BCUT2D eigenvalue weighted by molar-refractivity contribution is 0.0663. The van der Waals surface area contributed by atoms with Crippen LogP contribution < -0.4 is 0 Å². The minimum absolute atomic E-state index is 0.0845. The predicted octanol–water partition coefficient (Wildman–Crippen LogP) is 3.16. The number of likely N-dealkylation sites (tertiary alicyclic amines) is 1. The molecule has 1 unspecified atom stereocenters. The second-order valence-corrected chi connectivity index (χ2v) is 6.58. The third-order valence-electron chi connectivity index (χ3n) is 4.39. The molecule has 22 heavy (non-hydrogen) atoms. The Morgan fingerprint density at radius 2 is 2.23 bits per heavy atom. The molecule has 0 N–H and O–H groups in total. The van der Waals surface area contributed by atoms with Gasteiger partial charge < -0.3 is 4.90 Å². The number of hydrogen-bond acceptors (Lipinski definition) is 3. The maximum Gasteiger partial charge on any atom is 0.259 e. The highest BCUT2D eigenvalue weighted by molar-refractivity contribution is 5.99. The molecule has 1 aliphatic heterocycles. The van der Waals surface area contributed by atoms with E-state index in [0.717, 1.165) is 25.8 Å². The minimum Gasteiger partial charge on any atom is -0.335 e. The fourth-order valence-corrected chi connectivity index (χ4v) is 3.37. The maximum atomic E-state index is 13.1. The van der Waals surface area contributed by atoms with E-state index in [0.29, 0.717) is 23.2 Å². The highest BCUT2D eigenvalue weighted by atomic mass is 16.2. The molecule has 0 saturated carbocycles. The van der Waals surface area contributed by atoms with E-state index < -0.39 is 0 Å². The average molecular weight is 300 g/mol. The van der Waals surface area contributed by atoms with Crippen LogP contribution in [0.3, 0.4) is 0 Å². The molecule has 1 atom stereocenters. The molecular formula is C17H24N4O. The predicted molar refractivity (Wildman–Crippen MR) is 85.7 cm³/mol. The van der Waals surface area contributed by atoms with Crippen molar-refractivity contribution in [3.63, 3.8) is 0 Å². The van der Waals surface area contributed by atoms with Gasteiger partial charge >= 0.3 is 0 Å². The lowest BCUT2D eigenvalue weighted by atomic mass is 9.98. The van der Waals surface area contributed by atoms with Crippen molar-refractivity contribution in [1.82, 2.24) is 19.5 Å². The third-order valence-corrected chi connectivity index (χ3v) is 4.39. The molecule has 1 fully saturated rings. The van der Waals surface area contributed by atoms with Gasteiger partial charge in [-0.2, -0.15) is 5.10 Å². The summed E-state index contributed by atoms with van der Waals surface area (Å²) in [7, 11) is 0. The first-order chi connectivity index (χ1) is 10.7. The van der Waals surface area contributed by atoms with Crippen molar-refractivity contribution in [2.24, 2.45) is 5.92 Å². The van der Waals surface area contributed by atoms with Crippen LogP contribution in [0, 0.1) is 5.92 Å². The summed E-state index contributed by atoms with van der Waals surface area (Å²) in [6, 6.07) is 2.16. The Morgan fingerprint density at radius 3 is 3.05 bits per heavy atom. The molecule has 0 aliphatic carbocycles. The van der Waals surface area contributed by atoms with Crippen LogP contribution >= 0.6 is 0 Å². The second-order valence-electron chi connectivity index (χ2n) is 6.58. The Bertz CT molecular complexity index is 649. The minimum atomic E-state index is 0.0845. The van der Waals surface area contributed by atoms with Gasteiger partial charge in [-0.25, -0.2) is 9.50 Å². The van der Waals surface area contributed by atoms with Crippen LogP contribution in [-0.2, 0) is 0 Å². The molecule has 3 heterocycles. The number of amides is 1. The number of rotatable bonds is 3. The van der Waals surface area contributed by atoms with Crippen LogP contribution in [0.25, 0.3) is 5.65 Å².